The first kappa shape index (κ1) is 26.8. The molecule has 5 rings (SSSR count). The predicted octanol–water partition coefficient (Wildman–Crippen LogP) is 4.20. The van der Waals surface area contributed by atoms with Crippen molar-refractivity contribution >= 4 is 45.1 Å². The first-order chi connectivity index (χ1) is 18.8. The molecule has 2 aromatic carbocycles. The smallest absolute Gasteiger partial charge is 0.319 e. The Hall–Kier alpha value is -3.80. The van der Waals surface area contributed by atoms with Crippen LogP contribution < -0.4 is 9.64 Å². The number of ether oxygens (including phenoxy) is 1. The molecule has 1 fully saturated rings. The number of aromatic amines is 1. The Labute approximate surface area is 229 Å². The zero-order valence-corrected chi connectivity index (χ0v) is 22.5. The summed E-state index contributed by atoms with van der Waals surface area (Å²) < 4.78 is 22.3. The van der Waals surface area contributed by atoms with Crippen LogP contribution in [0.1, 0.15) is 12.0 Å². The molecule has 4 aromatic rings. The van der Waals surface area contributed by atoms with Crippen molar-refractivity contribution in [3.8, 4) is 17.1 Å². The molecular weight excluding hydrogens is 525 g/mol. The van der Waals surface area contributed by atoms with Crippen LogP contribution in [-0.2, 0) is 4.79 Å². The molecule has 0 unspecified atom stereocenters. The largest absolute Gasteiger partial charge is 0.463 e. The number of amides is 1. The first-order valence-corrected chi connectivity index (χ1v) is 13.0. The fourth-order valence-corrected chi connectivity index (χ4v) is 5.16. The van der Waals surface area contributed by atoms with E-state index in [0.29, 0.717) is 55.9 Å². The standard InChI is InChI=1S/C27H29ClFN7O3/c1-4-21(37)35-9-11-36(12-10-35)26-17-14-19(28)23(22-16(2)6-7-20-18(22)15-30-33-20)24(29)25(17)31-27(32-26)39-13-5-8-34(3)38/h4,6-7,14-15,38H,1,5,8-13H2,2-3H3,(H,30,33). The molecular formula is C27H29ClFN7O3. The van der Waals surface area contributed by atoms with Gasteiger partial charge in [-0.2, -0.15) is 20.1 Å². The molecule has 2 N–H and O–H groups in total. The zero-order valence-electron chi connectivity index (χ0n) is 21.7. The Kier molecular flexibility index (Phi) is 7.65. The van der Waals surface area contributed by atoms with E-state index in [9.17, 15) is 10.0 Å². The van der Waals surface area contributed by atoms with Crippen molar-refractivity contribution < 1.29 is 19.1 Å². The average molecular weight is 554 g/mol. The number of piperazine rings is 1. The van der Waals surface area contributed by atoms with Gasteiger partial charge in [0.2, 0.25) is 5.91 Å². The van der Waals surface area contributed by atoms with Crippen LogP contribution >= 0.6 is 11.6 Å². The second kappa shape index (κ2) is 11.1. The fraction of sp³-hybridized carbons (Fsp3) is 0.333. The zero-order chi connectivity index (χ0) is 27.7. The summed E-state index contributed by atoms with van der Waals surface area (Å²) in [5, 5.41) is 18.9. The highest BCUT2D eigenvalue weighted by Gasteiger charge is 2.27. The molecule has 0 spiro atoms. The molecule has 0 bridgehead atoms. The van der Waals surface area contributed by atoms with Crippen LogP contribution in [-0.4, -0.2) is 87.6 Å². The number of carbonyl (C=O) groups is 1. The van der Waals surface area contributed by atoms with Gasteiger partial charge in [0.1, 0.15) is 11.3 Å². The maximum absolute atomic E-state index is 16.5. The van der Waals surface area contributed by atoms with Crippen molar-refractivity contribution in [2.75, 3.05) is 51.3 Å². The quantitative estimate of drug-likeness (QED) is 0.190. The van der Waals surface area contributed by atoms with Gasteiger partial charge in [0, 0.05) is 61.7 Å². The Morgan fingerprint density at radius 1 is 1.26 bits per heavy atom. The maximum Gasteiger partial charge on any atom is 0.319 e. The Morgan fingerprint density at radius 2 is 2.03 bits per heavy atom. The molecule has 3 heterocycles. The molecule has 0 radical (unpaired) electrons. The third-order valence-electron chi connectivity index (χ3n) is 6.85. The SMILES string of the molecule is C=CC(=O)N1CCN(c2nc(OCCCN(C)O)nc3c(F)c(-c4c(C)ccc5[nH]ncc45)c(Cl)cc23)CC1. The van der Waals surface area contributed by atoms with Gasteiger partial charge in [-0.25, -0.2) is 4.39 Å². The second-order valence-corrected chi connectivity index (χ2v) is 9.87. The minimum atomic E-state index is -0.585. The normalized spacial score (nSPS) is 14.0. The highest BCUT2D eigenvalue weighted by atomic mass is 35.5. The highest BCUT2D eigenvalue weighted by Crippen LogP contribution is 2.42. The number of benzene rings is 2. The minimum Gasteiger partial charge on any atom is -0.463 e. The number of fused-ring (bicyclic) bond motifs is 2. The Bertz CT molecular complexity index is 1550. The molecule has 0 aliphatic carbocycles. The van der Waals surface area contributed by atoms with E-state index in [2.05, 4.69) is 26.7 Å². The van der Waals surface area contributed by atoms with E-state index in [-0.39, 0.29) is 34.6 Å². The lowest BCUT2D eigenvalue weighted by Gasteiger charge is -2.35. The lowest BCUT2D eigenvalue weighted by molar-refractivity contribution is -0.126. The van der Waals surface area contributed by atoms with Crippen molar-refractivity contribution in [3.63, 3.8) is 0 Å². The molecule has 0 saturated carbocycles. The van der Waals surface area contributed by atoms with E-state index in [1.165, 1.54) is 6.08 Å². The molecule has 12 heteroatoms. The van der Waals surface area contributed by atoms with Crippen LogP contribution in [0.5, 0.6) is 6.01 Å². The summed E-state index contributed by atoms with van der Waals surface area (Å²) in [4.78, 5) is 24.8. The van der Waals surface area contributed by atoms with Crippen LogP contribution in [0, 0.1) is 12.7 Å². The molecule has 1 aliphatic rings. The van der Waals surface area contributed by atoms with E-state index in [1.807, 2.05) is 24.0 Å². The number of rotatable bonds is 8. The number of halogens is 2. The average Bonchev–Trinajstić information content (AvgIpc) is 3.41. The van der Waals surface area contributed by atoms with Gasteiger partial charge in [-0.05, 0) is 37.1 Å². The van der Waals surface area contributed by atoms with Crippen LogP contribution in [0.15, 0.2) is 37.1 Å². The molecule has 10 nitrogen and oxygen atoms in total. The van der Waals surface area contributed by atoms with Gasteiger partial charge in [0.05, 0.1) is 23.3 Å². The topological polar surface area (TPSA) is 111 Å². The predicted molar refractivity (Wildman–Crippen MR) is 148 cm³/mol. The Morgan fingerprint density at radius 3 is 2.74 bits per heavy atom. The first-order valence-electron chi connectivity index (χ1n) is 12.6. The lowest BCUT2D eigenvalue weighted by atomic mass is 9.95. The summed E-state index contributed by atoms with van der Waals surface area (Å²) in [6.07, 6.45) is 3.46. The van der Waals surface area contributed by atoms with Crippen LogP contribution in [0.3, 0.4) is 0 Å². The highest BCUT2D eigenvalue weighted by molar-refractivity contribution is 6.35. The summed E-state index contributed by atoms with van der Waals surface area (Å²) in [7, 11) is 1.55. The van der Waals surface area contributed by atoms with Crippen molar-refractivity contribution in [1.82, 2.24) is 30.1 Å². The van der Waals surface area contributed by atoms with Gasteiger partial charge in [0.15, 0.2) is 5.82 Å². The second-order valence-electron chi connectivity index (χ2n) is 9.46. The molecule has 1 aliphatic heterocycles. The van der Waals surface area contributed by atoms with Crippen molar-refractivity contribution in [2.45, 2.75) is 13.3 Å². The number of hydrogen-bond acceptors (Lipinski definition) is 8. The molecule has 204 valence electrons. The van der Waals surface area contributed by atoms with Gasteiger partial charge in [-0.15, -0.1) is 0 Å². The molecule has 0 atom stereocenters. The number of aromatic nitrogens is 4. The van der Waals surface area contributed by atoms with Crippen LogP contribution in [0.4, 0.5) is 10.2 Å². The van der Waals surface area contributed by atoms with Crippen molar-refractivity contribution in [3.05, 3.63) is 53.5 Å². The molecule has 1 saturated heterocycles. The Balaban J connectivity index is 1.62. The van der Waals surface area contributed by atoms with E-state index < -0.39 is 5.82 Å². The molecule has 39 heavy (non-hydrogen) atoms. The minimum absolute atomic E-state index is 0.0214. The summed E-state index contributed by atoms with van der Waals surface area (Å²) in [5.41, 5.74) is 2.55. The number of hydrogen-bond donors (Lipinski definition) is 2. The number of nitrogens with one attached hydrogen (secondary N) is 1. The van der Waals surface area contributed by atoms with Crippen LogP contribution in [0.2, 0.25) is 5.02 Å². The van der Waals surface area contributed by atoms with Gasteiger partial charge in [0.25, 0.3) is 0 Å². The van der Waals surface area contributed by atoms with E-state index in [4.69, 9.17) is 16.3 Å². The van der Waals surface area contributed by atoms with Crippen LogP contribution in [0.25, 0.3) is 32.9 Å². The van der Waals surface area contributed by atoms with E-state index in [0.717, 1.165) is 21.5 Å². The van der Waals surface area contributed by atoms with Gasteiger partial charge in [-0.3, -0.25) is 9.89 Å². The third kappa shape index (κ3) is 5.25. The van der Waals surface area contributed by atoms with Gasteiger partial charge >= 0.3 is 6.01 Å². The molecule has 1 amide bonds. The summed E-state index contributed by atoms with van der Waals surface area (Å²) in [6, 6.07) is 5.49. The lowest BCUT2D eigenvalue weighted by Crippen LogP contribution is -2.48. The number of aryl methyl sites for hydroxylation is 1. The van der Waals surface area contributed by atoms with Gasteiger partial charge in [-0.1, -0.05) is 24.2 Å². The van der Waals surface area contributed by atoms with E-state index >= 15 is 4.39 Å². The number of H-pyrrole nitrogens is 1. The van der Waals surface area contributed by atoms with Crippen molar-refractivity contribution in [1.29, 1.82) is 0 Å². The number of nitrogens with zero attached hydrogens (tertiary/aromatic N) is 6. The number of carbonyl (C=O) groups excluding carboxylic acids is 1. The van der Waals surface area contributed by atoms with Gasteiger partial charge < -0.3 is 19.7 Å². The van der Waals surface area contributed by atoms with Crippen molar-refractivity contribution in [2.24, 2.45) is 0 Å². The number of hydroxylamine groups is 2. The fourth-order valence-electron chi connectivity index (χ4n) is 4.88. The maximum atomic E-state index is 16.5. The summed E-state index contributed by atoms with van der Waals surface area (Å²) >= 11 is 6.78. The third-order valence-corrected chi connectivity index (χ3v) is 7.15. The van der Waals surface area contributed by atoms with E-state index in [1.54, 1.807) is 24.2 Å². The summed E-state index contributed by atoms with van der Waals surface area (Å²) in [6.45, 7) is 7.97. The summed E-state index contributed by atoms with van der Waals surface area (Å²) in [5.74, 6) is -0.244. The number of anilines is 1. The monoisotopic (exact) mass is 553 g/mol. The molecule has 2 aromatic heterocycles.